The van der Waals surface area contributed by atoms with Gasteiger partial charge in [0.15, 0.2) is 0 Å². The van der Waals surface area contributed by atoms with E-state index < -0.39 is 10.0 Å². The minimum atomic E-state index is -0.738. The van der Waals surface area contributed by atoms with Crippen LogP contribution in [-0.4, -0.2) is 23.2 Å². The summed E-state index contributed by atoms with van der Waals surface area (Å²) in [5, 5.41) is 0. The maximum Gasteiger partial charge on any atom is 0.304 e. The van der Waals surface area contributed by atoms with Crippen LogP contribution in [0.3, 0.4) is 0 Å². The Labute approximate surface area is 123 Å². The van der Waals surface area contributed by atoms with Crippen molar-refractivity contribution in [2.24, 2.45) is 5.41 Å². The van der Waals surface area contributed by atoms with Gasteiger partial charge in [0, 0.05) is 13.2 Å². The molecule has 0 aromatic carbocycles. The molecule has 0 radical (unpaired) electrons. The molecule has 19 heavy (non-hydrogen) atoms. The lowest BCUT2D eigenvalue weighted by atomic mass is 9.75. The van der Waals surface area contributed by atoms with Crippen molar-refractivity contribution in [3.63, 3.8) is 0 Å². The molecule has 3 heteroatoms. The van der Waals surface area contributed by atoms with E-state index in [0.29, 0.717) is 5.41 Å². The summed E-state index contributed by atoms with van der Waals surface area (Å²) in [6, 6.07) is 0. The molecule has 0 saturated heterocycles. The van der Waals surface area contributed by atoms with Crippen LogP contribution >= 0.6 is 0 Å². The molecule has 0 rings (SSSR count). The maximum absolute atomic E-state index is 5.95. The summed E-state index contributed by atoms with van der Waals surface area (Å²) in [7, 11) is -0.738. The van der Waals surface area contributed by atoms with Crippen LogP contribution in [0.2, 0.25) is 0 Å². The van der Waals surface area contributed by atoms with Gasteiger partial charge in [0.25, 0.3) is 0 Å². The van der Waals surface area contributed by atoms with Gasteiger partial charge in [0.2, 0.25) is 0 Å². The third kappa shape index (κ3) is 9.64. The van der Waals surface area contributed by atoms with E-state index in [1.165, 1.54) is 57.8 Å². The van der Waals surface area contributed by atoms with E-state index >= 15 is 0 Å². The summed E-state index contributed by atoms with van der Waals surface area (Å²) < 4.78 is 11.4. The topological polar surface area (TPSA) is 18.5 Å². The first-order chi connectivity index (χ1) is 9.24. The molecular formula is C16H36O2Si. The second-order valence-electron chi connectivity index (χ2n) is 5.77. The predicted octanol–water partition coefficient (Wildman–Crippen LogP) is 4.60. The normalized spacial score (nSPS) is 12.6. The van der Waals surface area contributed by atoms with Gasteiger partial charge < -0.3 is 8.85 Å². The van der Waals surface area contributed by atoms with Crippen LogP contribution < -0.4 is 0 Å². The summed E-state index contributed by atoms with van der Waals surface area (Å²) in [5.74, 6) is 0. The van der Waals surface area contributed by atoms with Crippen LogP contribution in [0.25, 0.3) is 0 Å². The molecular weight excluding hydrogens is 252 g/mol. The van der Waals surface area contributed by atoms with E-state index in [-0.39, 0.29) is 0 Å². The Bertz CT molecular complexity index is 164. The van der Waals surface area contributed by atoms with Gasteiger partial charge in [-0.2, -0.15) is 0 Å². The molecule has 0 aromatic rings. The average molecular weight is 289 g/mol. The number of unbranched alkanes of at least 4 members (excludes halogenated alkanes) is 3. The molecule has 0 atom stereocenters. The van der Waals surface area contributed by atoms with Crippen molar-refractivity contribution in [2.75, 3.05) is 13.2 Å². The largest absolute Gasteiger partial charge is 0.399 e. The highest BCUT2D eigenvalue weighted by Crippen LogP contribution is 2.36. The van der Waals surface area contributed by atoms with Crippen molar-refractivity contribution in [1.29, 1.82) is 0 Å². The molecule has 0 heterocycles. The Morgan fingerprint density at radius 3 is 1.58 bits per heavy atom. The lowest BCUT2D eigenvalue weighted by Crippen LogP contribution is -2.29. The fraction of sp³-hybridized carbons (Fsp3) is 1.00. The molecule has 0 aliphatic heterocycles. The van der Waals surface area contributed by atoms with E-state index in [9.17, 15) is 0 Å². The summed E-state index contributed by atoms with van der Waals surface area (Å²) >= 11 is 0. The molecule has 0 aliphatic rings. The van der Waals surface area contributed by atoms with Crippen molar-refractivity contribution in [1.82, 2.24) is 0 Å². The standard InChI is InChI=1S/C16H36O2Si/c1-5-9-12-16(13-10-6-2,14-11-7-3)15-18-19-17-8-4/h5-15,19H2,1-4H3. The van der Waals surface area contributed by atoms with E-state index in [2.05, 4.69) is 27.7 Å². The highest BCUT2D eigenvalue weighted by Gasteiger charge is 2.28. The van der Waals surface area contributed by atoms with E-state index in [0.717, 1.165) is 13.2 Å². The Hall–Kier alpha value is 0.137. The van der Waals surface area contributed by atoms with Gasteiger partial charge >= 0.3 is 10.0 Å². The molecule has 2 nitrogen and oxygen atoms in total. The molecule has 0 bridgehead atoms. The minimum Gasteiger partial charge on any atom is -0.399 e. The zero-order valence-corrected chi connectivity index (χ0v) is 15.2. The maximum atomic E-state index is 5.95. The van der Waals surface area contributed by atoms with Crippen LogP contribution in [0.5, 0.6) is 0 Å². The first kappa shape index (κ1) is 19.1. The monoisotopic (exact) mass is 288 g/mol. The van der Waals surface area contributed by atoms with Crippen molar-refractivity contribution in [3.8, 4) is 0 Å². The zero-order chi connectivity index (χ0) is 14.4. The molecule has 0 unspecified atom stereocenters. The summed E-state index contributed by atoms with van der Waals surface area (Å²) in [5.41, 5.74) is 0.437. The van der Waals surface area contributed by atoms with Gasteiger partial charge in [-0.15, -0.1) is 0 Å². The van der Waals surface area contributed by atoms with E-state index in [1.54, 1.807) is 0 Å². The number of rotatable bonds is 14. The molecule has 0 N–H and O–H groups in total. The van der Waals surface area contributed by atoms with Gasteiger partial charge in [-0.05, 0) is 31.6 Å². The molecule has 0 amide bonds. The molecule has 0 fully saturated rings. The number of hydrogen-bond donors (Lipinski definition) is 0. The Morgan fingerprint density at radius 2 is 1.21 bits per heavy atom. The van der Waals surface area contributed by atoms with Gasteiger partial charge in [-0.1, -0.05) is 59.3 Å². The SMILES string of the molecule is CCCCC(CCCC)(CCCC)CO[SiH2]OCC. The molecule has 0 saturated carbocycles. The van der Waals surface area contributed by atoms with E-state index in [4.69, 9.17) is 8.85 Å². The third-order valence-corrected chi connectivity index (χ3v) is 4.91. The summed E-state index contributed by atoms with van der Waals surface area (Å²) in [6.45, 7) is 10.7. The van der Waals surface area contributed by atoms with Crippen molar-refractivity contribution < 1.29 is 8.85 Å². The highest BCUT2D eigenvalue weighted by molar-refractivity contribution is 6.17. The third-order valence-electron chi connectivity index (χ3n) is 3.96. The van der Waals surface area contributed by atoms with Crippen LogP contribution in [0.1, 0.15) is 85.5 Å². The van der Waals surface area contributed by atoms with Crippen LogP contribution in [0.4, 0.5) is 0 Å². The quantitative estimate of drug-likeness (QED) is 0.344. The molecule has 0 aromatic heterocycles. The van der Waals surface area contributed by atoms with E-state index in [1.807, 2.05) is 0 Å². The lowest BCUT2D eigenvalue weighted by molar-refractivity contribution is 0.0882. The van der Waals surface area contributed by atoms with Crippen LogP contribution in [-0.2, 0) is 8.85 Å². The Kier molecular flexibility index (Phi) is 13.2. The van der Waals surface area contributed by atoms with Gasteiger partial charge in [-0.3, -0.25) is 0 Å². The lowest BCUT2D eigenvalue weighted by Gasteiger charge is -2.34. The smallest absolute Gasteiger partial charge is 0.304 e. The predicted molar refractivity (Wildman–Crippen MR) is 87.1 cm³/mol. The fourth-order valence-corrected chi connectivity index (χ4v) is 3.45. The second-order valence-corrected chi connectivity index (χ2v) is 6.82. The van der Waals surface area contributed by atoms with Crippen LogP contribution in [0.15, 0.2) is 0 Å². The van der Waals surface area contributed by atoms with Gasteiger partial charge in [-0.25, -0.2) is 0 Å². The summed E-state index contributed by atoms with van der Waals surface area (Å²) in [4.78, 5) is 0. The van der Waals surface area contributed by atoms with Crippen molar-refractivity contribution in [3.05, 3.63) is 0 Å². The number of hydrogen-bond acceptors (Lipinski definition) is 2. The summed E-state index contributed by atoms with van der Waals surface area (Å²) in [6.07, 6.45) is 11.9. The van der Waals surface area contributed by atoms with Crippen LogP contribution in [0, 0.1) is 5.41 Å². The molecule has 116 valence electrons. The Morgan fingerprint density at radius 1 is 0.737 bits per heavy atom. The minimum absolute atomic E-state index is 0.437. The second kappa shape index (κ2) is 13.1. The average Bonchev–Trinajstić information content (AvgIpc) is 2.44. The first-order valence-corrected chi connectivity index (χ1v) is 9.55. The zero-order valence-electron chi connectivity index (χ0n) is 13.8. The highest BCUT2D eigenvalue weighted by atomic mass is 28.3. The Balaban J connectivity index is 4.38. The fourth-order valence-electron chi connectivity index (χ4n) is 2.65. The first-order valence-electron chi connectivity index (χ1n) is 8.40. The van der Waals surface area contributed by atoms with Crippen molar-refractivity contribution >= 4 is 10.0 Å². The molecule has 0 spiro atoms. The van der Waals surface area contributed by atoms with Gasteiger partial charge in [0.1, 0.15) is 0 Å². The van der Waals surface area contributed by atoms with Gasteiger partial charge in [0.05, 0.1) is 0 Å². The molecule has 0 aliphatic carbocycles. The van der Waals surface area contributed by atoms with Crippen molar-refractivity contribution in [2.45, 2.75) is 85.5 Å².